The highest BCUT2D eigenvalue weighted by atomic mass is 16.5. The van der Waals surface area contributed by atoms with E-state index in [1.807, 2.05) is 62.4 Å². The van der Waals surface area contributed by atoms with Crippen LogP contribution in [0.5, 0.6) is 5.75 Å². The van der Waals surface area contributed by atoms with E-state index in [0.29, 0.717) is 18.7 Å². The minimum Gasteiger partial charge on any atom is -0.468 e. The molecule has 0 radical (unpaired) electrons. The summed E-state index contributed by atoms with van der Waals surface area (Å²) in [7, 11) is 0. The van der Waals surface area contributed by atoms with Gasteiger partial charge in [-0.2, -0.15) is 0 Å². The lowest BCUT2D eigenvalue weighted by molar-refractivity contribution is -0.173. The largest absolute Gasteiger partial charge is 0.468 e. The Balaban J connectivity index is 1.73. The van der Waals surface area contributed by atoms with Crippen molar-refractivity contribution in [3.63, 3.8) is 0 Å². The second-order valence-corrected chi connectivity index (χ2v) is 7.70. The number of para-hydroxylation sites is 1. The summed E-state index contributed by atoms with van der Waals surface area (Å²) in [5.74, 6) is -0.811. The fourth-order valence-electron chi connectivity index (χ4n) is 4.28. The summed E-state index contributed by atoms with van der Waals surface area (Å²) in [6.07, 6.45) is 2.23. The Bertz CT molecular complexity index is 937. The van der Waals surface area contributed by atoms with Crippen LogP contribution in [0.2, 0.25) is 0 Å². The molecule has 5 heteroatoms. The number of hydrogen-bond acceptors (Lipinski definition) is 3. The molecule has 0 spiro atoms. The van der Waals surface area contributed by atoms with Crippen LogP contribution >= 0.6 is 0 Å². The van der Waals surface area contributed by atoms with Crippen molar-refractivity contribution in [2.45, 2.75) is 31.9 Å². The predicted molar refractivity (Wildman–Crippen MR) is 108 cm³/mol. The molecule has 2 aliphatic rings. The topological polar surface area (TPSA) is 58.6 Å². The van der Waals surface area contributed by atoms with E-state index < -0.39 is 11.6 Å². The summed E-state index contributed by atoms with van der Waals surface area (Å²) in [4.78, 5) is 28.2. The number of anilines is 1. The van der Waals surface area contributed by atoms with E-state index >= 15 is 0 Å². The highest BCUT2D eigenvalue weighted by Gasteiger charge is 2.55. The van der Waals surface area contributed by atoms with Crippen molar-refractivity contribution in [3.8, 4) is 5.75 Å². The van der Waals surface area contributed by atoms with E-state index in [2.05, 4.69) is 11.9 Å². The average molecular weight is 376 g/mol. The molecule has 2 amide bonds. The molecule has 0 aliphatic carbocycles. The van der Waals surface area contributed by atoms with E-state index in [-0.39, 0.29) is 17.7 Å². The molecule has 0 saturated carbocycles. The van der Waals surface area contributed by atoms with Crippen molar-refractivity contribution in [1.82, 2.24) is 4.90 Å². The molecular weight excluding hydrogens is 352 g/mol. The summed E-state index contributed by atoms with van der Waals surface area (Å²) in [5, 5.41) is 2.93. The van der Waals surface area contributed by atoms with Crippen LogP contribution in [0.3, 0.4) is 0 Å². The molecule has 1 saturated heterocycles. The van der Waals surface area contributed by atoms with Crippen LogP contribution in [-0.4, -0.2) is 29.0 Å². The number of aryl methyl sites for hydroxylation is 1. The lowest BCUT2D eigenvalue weighted by Crippen LogP contribution is -2.64. The fourth-order valence-corrected chi connectivity index (χ4v) is 4.28. The number of amides is 2. The lowest BCUT2D eigenvalue weighted by atomic mass is 9.73. The third-order valence-electron chi connectivity index (χ3n) is 5.67. The third-order valence-corrected chi connectivity index (χ3v) is 5.67. The molecule has 0 aromatic heterocycles. The summed E-state index contributed by atoms with van der Waals surface area (Å²) in [6, 6.07) is 15.2. The van der Waals surface area contributed by atoms with Crippen molar-refractivity contribution in [2.75, 3.05) is 11.9 Å². The van der Waals surface area contributed by atoms with Crippen LogP contribution in [0.4, 0.5) is 5.69 Å². The fraction of sp³-hybridized carbons (Fsp3) is 0.304. The normalized spacial score (nSPS) is 25.5. The van der Waals surface area contributed by atoms with Gasteiger partial charge in [0.05, 0.1) is 0 Å². The Hall–Kier alpha value is -3.08. The predicted octanol–water partition coefficient (Wildman–Crippen LogP) is 3.86. The molecule has 2 bridgehead atoms. The van der Waals surface area contributed by atoms with Gasteiger partial charge in [0, 0.05) is 24.6 Å². The Morgan fingerprint density at radius 2 is 2.00 bits per heavy atom. The molecule has 3 atom stereocenters. The monoisotopic (exact) mass is 376 g/mol. The van der Waals surface area contributed by atoms with Gasteiger partial charge in [-0.25, -0.2) is 0 Å². The minimum absolute atomic E-state index is 0.224. The number of ether oxygens (including phenoxy) is 1. The number of nitrogens with zero attached hydrogens (tertiary/aromatic N) is 1. The molecule has 2 heterocycles. The number of nitrogens with one attached hydrogen (secondary N) is 1. The van der Waals surface area contributed by atoms with E-state index in [1.54, 1.807) is 11.0 Å². The van der Waals surface area contributed by atoms with Crippen LogP contribution in [0.15, 0.2) is 61.2 Å². The van der Waals surface area contributed by atoms with Gasteiger partial charge < -0.3 is 15.0 Å². The molecule has 2 aliphatic heterocycles. The van der Waals surface area contributed by atoms with Crippen molar-refractivity contribution in [2.24, 2.45) is 5.92 Å². The molecule has 2 aromatic carbocycles. The maximum atomic E-state index is 13.4. The Morgan fingerprint density at radius 3 is 2.71 bits per heavy atom. The molecule has 28 heavy (non-hydrogen) atoms. The Morgan fingerprint density at radius 1 is 1.29 bits per heavy atom. The van der Waals surface area contributed by atoms with Gasteiger partial charge in [0.2, 0.25) is 11.8 Å². The van der Waals surface area contributed by atoms with Crippen LogP contribution in [0.1, 0.15) is 30.4 Å². The lowest BCUT2D eigenvalue weighted by Gasteiger charge is -2.52. The zero-order valence-electron chi connectivity index (χ0n) is 16.1. The summed E-state index contributed by atoms with van der Waals surface area (Å²) < 4.78 is 6.21. The number of benzene rings is 2. The Kier molecular flexibility index (Phi) is 4.46. The molecule has 5 nitrogen and oxygen atoms in total. The van der Waals surface area contributed by atoms with Crippen molar-refractivity contribution in [1.29, 1.82) is 0 Å². The highest BCUT2D eigenvalue weighted by Crippen LogP contribution is 2.50. The van der Waals surface area contributed by atoms with Gasteiger partial charge in [0.15, 0.2) is 5.72 Å². The Labute approximate surface area is 165 Å². The first-order valence-corrected chi connectivity index (χ1v) is 9.51. The number of likely N-dealkylation sites (tertiary alicyclic amines) is 1. The smallest absolute Gasteiger partial charge is 0.239 e. The van der Waals surface area contributed by atoms with Gasteiger partial charge >= 0.3 is 0 Å². The summed E-state index contributed by atoms with van der Waals surface area (Å²) >= 11 is 0. The molecule has 2 aromatic rings. The average Bonchev–Trinajstić information content (AvgIpc) is 2.67. The minimum atomic E-state index is -0.806. The van der Waals surface area contributed by atoms with E-state index in [1.165, 1.54) is 0 Å². The van der Waals surface area contributed by atoms with Gasteiger partial charge in [-0.3, -0.25) is 9.59 Å². The van der Waals surface area contributed by atoms with Gasteiger partial charge in [0.1, 0.15) is 11.7 Å². The molecular formula is C23H24N2O3. The van der Waals surface area contributed by atoms with Gasteiger partial charge in [-0.15, -0.1) is 6.58 Å². The van der Waals surface area contributed by atoms with Crippen LogP contribution < -0.4 is 10.1 Å². The van der Waals surface area contributed by atoms with Crippen molar-refractivity contribution >= 4 is 17.5 Å². The van der Waals surface area contributed by atoms with Gasteiger partial charge in [-0.05, 0) is 37.6 Å². The van der Waals surface area contributed by atoms with Crippen LogP contribution in [-0.2, 0) is 9.59 Å². The summed E-state index contributed by atoms with van der Waals surface area (Å²) in [6.45, 7) is 8.00. The molecule has 1 N–H and O–H groups in total. The maximum Gasteiger partial charge on any atom is 0.239 e. The first-order valence-electron chi connectivity index (χ1n) is 9.51. The number of carbonyl (C=O) groups is 2. The van der Waals surface area contributed by atoms with E-state index in [9.17, 15) is 9.59 Å². The quantitative estimate of drug-likeness (QED) is 0.651. The third kappa shape index (κ3) is 2.97. The second-order valence-electron chi connectivity index (χ2n) is 7.70. The highest BCUT2D eigenvalue weighted by molar-refractivity contribution is 6.08. The van der Waals surface area contributed by atoms with Crippen molar-refractivity contribution < 1.29 is 14.3 Å². The number of fused-ring (bicyclic) bond motifs is 4. The zero-order valence-corrected chi connectivity index (χ0v) is 16.1. The van der Waals surface area contributed by atoms with Crippen LogP contribution in [0, 0.1) is 12.8 Å². The standard InChI is InChI=1S/C23H24N2O3/c1-4-13-25-22(27)20(21(26)24-16-11-9-15(2)10-12-16)18-14-23(25,3)28-19-8-6-5-7-17(18)19/h4-12,18,20H,1,13-14H2,2-3H3,(H,24,26)/t18-,20+,23+/m1/s1. The van der Waals surface area contributed by atoms with Crippen LogP contribution in [0.25, 0.3) is 0 Å². The SMILES string of the molecule is C=CCN1C(=O)[C@H](C(=O)Nc2ccc(C)cc2)[C@@H]2C[C@]1(C)Oc1ccccc12. The van der Waals surface area contributed by atoms with Crippen molar-refractivity contribution in [3.05, 3.63) is 72.3 Å². The zero-order chi connectivity index (χ0) is 19.9. The molecule has 4 rings (SSSR count). The number of rotatable bonds is 4. The molecule has 144 valence electrons. The molecule has 1 fully saturated rings. The van der Waals surface area contributed by atoms with E-state index in [0.717, 1.165) is 16.9 Å². The maximum absolute atomic E-state index is 13.4. The number of piperidine rings is 1. The van der Waals surface area contributed by atoms with Gasteiger partial charge in [-0.1, -0.05) is 42.0 Å². The van der Waals surface area contributed by atoms with E-state index in [4.69, 9.17) is 4.74 Å². The van der Waals surface area contributed by atoms with Gasteiger partial charge in [0.25, 0.3) is 0 Å². The molecule has 0 unspecified atom stereocenters. The number of hydrogen-bond donors (Lipinski definition) is 1. The number of carbonyl (C=O) groups excluding carboxylic acids is 2. The second kappa shape index (κ2) is 6.82. The first-order chi connectivity index (χ1) is 13.4. The first kappa shape index (κ1) is 18.3. The summed E-state index contributed by atoms with van der Waals surface area (Å²) in [5.41, 5.74) is 1.92.